The van der Waals surface area contributed by atoms with Gasteiger partial charge in [0, 0.05) is 44.6 Å². The molecule has 1 aromatic heterocycles. The largest absolute Gasteiger partial charge is 0.372 e. The van der Waals surface area contributed by atoms with Crippen LogP contribution in [0.1, 0.15) is 18.9 Å². The smallest absolute Gasteiger partial charge is 0.213 e. The molecule has 122 valence electrons. The van der Waals surface area contributed by atoms with Crippen LogP contribution in [0, 0.1) is 0 Å². The predicted molar refractivity (Wildman–Crippen MR) is 83.8 cm³/mol. The van der Waals surface area contributed by atoms with Gasteiger partial charge in [-0.1, -0.05) is 6.07 Å². The fraction of sp³-hybridized carbons (Fsp3) is 0.667. The second-order valence-electron chi connectivity index (χ2n) is 5.94. The molecule has 3 rings (SSSR count). The molecule has 2 aliphatic rings. The summed E-state index contributed by atoms with van der Waals surface area (Å²) >= 11 is 0. The molecule has 7 heteroatoms. The van der Waals surface area contributed by atoms with Gasteiger partial charge >= 0.3 is 0 Å². The molecule has 0 amide bonds. The third-order valence-corrected chi connectivity index (χ3v) is 6.36. The SMILES string of the molecule is CCS(=O)(=O)N1CCN2CC(OCc3cccnc3)CC2C1. The lowest BCUT2D eigenvalue weighted by Gasteiger charge is -2.36. The molecule has 22 heavy (non-hydrogen) atoms. The van der Waals surface area contributed by atoms with E-state index in [0.717, 1.165) is 25.1 Å². The summed E-state index contributed by atoms with van der Waals surface area (Å²) in [6, 6.07) is 4.20. The van der Waals surface area contributed by atoms with Crippen LogP contribution in [0.25, 0.3) is 0 Å². The van der Waals surface area contributed by atoms with E-state index in [1.807, 2.05) is 18.3 Å². The van der Waals surface area contributed by atoms with Crippen molar-refractivity contribution in [3.05, 3.63) is 30.1 Å². The Bertz CT molecular complexity index is 593. The van der Waals surface area contributed by atoms with Gasteiger partial charge in [-0.3, -0.25) is 9.88 Å². The number of nitrogens with zero attached hydrogens (tertiary/aromatic N) is 3. The Hall–Kier alpha value is -1.02. The van der Waals surface area contributed by atoms with Gasteiger partial charge in [-0.2, -0.15) is 4.31 Å². The molecule has 0 N–H and O–H groups in total. The fourth-order valence-electron chi connectivity index (χ4n) is 3.22. The summed E-state index contributed by atoms with van der Waals surface area (Å²) in [5, 5.41) is 0. The van der Waals surface area contributed by atoms with Gasteiger partial charge < -0.3 is 4.74 Å². The van der Waals surface area contributed by atoms with E-state index in [9.17, 15) is 8.42 Å². The van der Waals surface area contributed by atoms with Crippen LogP contribution in [-0.2, 0) is 21.4 Å². The molecule has 0 saturated carbocycles. The van der Waals surface area contributed by atoms with Crippen LogP contribution in [0.2, 0.25) is 0 Å². The van der Waals surface area contributed by atoms with Gasteiger partial charge in [-0.05, 0) is 25.0 Å². The van der Waals surface area contributed by atoms with Crippen LogP contribution < -0.4 is 0 Å². The Balaban J connectivity index is 1.54. The number of rotatable bonds is 5. The van der Waals surface area contributed by atoms with E-state index >= 15 is 0 Å². The Morgan fingerprint density at radius 2 is 2.23 bits per heavy atom. The Morgan fingerprint density at radius 1 is 1.36 bits per heavy atom. The first-order valence-electron chi connectivity index (χ1n) is 7.81. The minimum atomic E-state index is -3.08. The minimum Gasteiger partial charge on any atom is -0.372 e. The molecule has 2 saturated heterocycles. The molecule has 2 unspecified atom stereocenters. The van der Waals surface area contributed by atoms with Crippen molar-refractivity contribution in [3.63, 3.8) is 0 Å². The molecule has 2 aliphatic heterocycles. The summed E-state index contributed by atoms with van der Waals surface area (Å²) in [5.41, 5.74) is 1.07. The third-order valence-electron chi connectivity index (χ3n) is 4.51. The van der Waals surface area contributed by atoms with Gasteiger partial charge in [0.1, 0.15) is 0 Å². The lowest BCUT2D eigenvalue weighted by molar-refractivity contribution is 0.0465. The zero-order valence-corrected chi connectivity index (χ0v) is 13.7. The van der Waals surface area contributed by atoms with Gasteiger partial charge in [-0.15, -0.1) is 0 Å². The van der Waals surface area contributed by atoms with Crippen LogP contribution in [0.3, 0.4) is 0 Å². The van der Waals surface area contributed by atoms with Crippen molar-refractivity contribution in [2.45, 2.75) is 32.1 Å². The van der Waals surface area contributed by atoms with E-state index in [0.29, 0.717) is 19.7 Å². The van der Waals surface area contributed by atoms with E-state index < -0.39 is 10.0 Å². The molecule has 2 atom stereocenters. The highest BCUT2D eigenvalue weighted by atomic mass is 32.2. The molecule has 6 nitrogen and oxygen atoms in total. The van der Waals surface area contributed by atoms with Crippen molar-refractivity contribution >= 4 is 10.0 Å². The summed E-state index contributed by atoms with van der Waals surface area (Å²) in [6.07, 6.45) is 4.64. The predicted octanol–water partition coefficient (Wildman–Crippen LogP) is 0.706. The first-order valence-corrected chi connectivity index (χ1v) is 9.42. The van der Waals surface area contributed by atoms with E-state index in [4.69, 9.17) is 4.74 Å². The lowest BCUT2D eigenvalue weighted by Crippen LogP contribution is -2.52. The van der Waals surface area contributed by atoms with Gasteiger partial charge in [0.2, 0.25) is 10.0 Å². The van der Waals surface area contributed by atoms with Gasteiger partial charge in [0.25, 0.3) is 0 Å². The molecular weight excluding hydrogens is 302 g/mol. The molecule has 0 aromatic carbocycles. The monoisotopic (exact) mass is 325 g/mol. The standard InChI is InChI=1S/C15H23N3O3S/c1-2-22(19,20)18-7-6-17-11-15(8-14(17)10-18)21-12-13-4-3-5-16-9-13/h3-5,9,14-15H,2,6-8,10-12H2,1H3. The Morgan fingerprint density at radius 3 is 2.95 bits per heavy atom. The maximum absolute atomic E-state index is 12.0. The van der Waals surface area contributed by atoms with Crippen LogP contribution in [0.15, 0.2) is 24.5 Å². The molecule has 0 bridgehead atoms. The number of hydrogen-bond donors (Lipinski definition) is 0. The molecule has 0 radical (unpaired) electrons. The maximum atomic E-state index is 12.0. The summed E-state index contributed by atoms with van der Waals surface area (Å²) in [7, 11) is -3.08. The summed E-state index contributed by atoms with van der Waals surface area (Å²) in [6.45, 7) is 5.17. The zero-order valence-electron chi connectivity index (χ0n) is 12.9. The normalized spacial score (nSPS) is 27.0. The van der Waals surface area contributed by atoms with Crippen LogP contribution in [0.5, 0.6) is 0 Å². The highest BCUT2D eigenvalue weighted by molar-refractivity contribution is 7.89. The van der Waals surface area contributed by atoms with Crippen molar-refractivity contribution in [1.29, 1.82) is 0 Å². The number of sulfonamides is 1. The minimum absolute atomic E-state index is 0.175. The van der Waals surface area contributed by atoms with E-state index in [-0.39, 0.29) is 17.9 Å². The summed E-state index contributed by atoms with van der Waals surface area (Å²) in [4.78, 5) is 6.44. The number of hydrogen-bond acceptors (Lipinski definition) is 5. The van der Waals surface area contributed by atoms with Crippen molar-refractivity contribution in [3.8, 4) is 0 Å². The van der Waals surface area contributed by atoms with Crippen LogP contribution in [-0.4, -0.2) is 66.7 Å². The number of ether oxygens (including phenoxy) is 1. The van der Waals surface area contributed by atoms with Gasteiger partial charge in [-0.25, -0.2) is 8.42 Å². The van der Waals surface area contributed by atoms with Crippen molar-refractivity contribution in [2.75, 3.05) is 31.9 Å². The molecule has 0 spiro atoms. The van der Waals surface area contributed by atoms with Gasteiger partial charge in [0.15, 0.2) is 0 Å². The lowest BCUT2D eigenvalue weighted by atomic mass is 10.1. The number of piperazine rings is 1. The highest BCUT2D eigenvalue weighted by Crippen LogP contribution is 2.26. The molecule has 0 aliphatic carbocycles. The molecular formula is C15H23N3O3S. The highest BCUT2D eigenvalue weighted by Gasteiger charge is 2.39. The van der Waals surface area contributed by atoms with E-state index in [1.165, 1.54) is 0 Å². The maximum Gasteiger partial charge on any atom is 0.213 e. The first kappa shape index (κ1) is 15.9. The number of fused-ring (bicyclic) bond motifs is 1. The second kappa shape index (κ2) is 6.62. The average Bonchev–Trinajstić information content (AvgIpc) is 2.96. The zero-order chi connectivity index (χ0) is 15.6. The third kappa shape index (κ3) is 3.48. The van der Waals surface area contributed by atoms with Gasteiger partial charge in [0.05, 0.1) is 18.5 Å². The van der Waals surface area contributed by atoms with Crippen molar-refractivity contribution < 1.29 is 13.2 Å². The Labute approximate surface area is 132 Å². The summed E-state index contributed by atoms with van der Waals surface area (Å²) in [5.74, 6) is 0.181. The van der Waals surface area contributed by atoms with Crippen molar-refractivity contribution in [2.24, 2.45) is 0 Å². The topological polar surface area (TPSA) is 62.7 Å². The van der Waals surface area contributed by atoms with Crippen LogP contribution in [0.4, 0.5) is 0 Å². The second-order valence-corrected chi connectivity index (χ2v) is 8.19. The summed E-state index contributed by atoms with van der Waals surface area (Å²) < 4.78 is 31.6. The van der Waals surface area contributed by atoms with E-state index in [2.05, 4.69) is 9.88 Å². The van der Waals surface area contributed by atoms with Crippen molar-refractivity contribution in [1.82, 2.24) is 14.2 Å². The molecule has 1 aromatic rings. The first-order chi connectivity index (χ1) is 10.6. The molecule has 3 heterocycles. The quantitative estimate of drug-likeness (QED) is 0.798. The number of pyridine rings is 1. The number of aromatic nitrogens is 1. The molecule has 2 fully saturated rings. The van der Waals surface area contributed by atoms with Crippen LogP contribution >= 0.6 is 0 Å². The average molecular weight is 325 g/mol. The van der Waals surface area contributed by atoms with E-state index in [1.54, 1.807) is 17.4 Å². The fourth-order valence-corrected chi connectivity index (χ4v) is 4.35. The Kier molecular flexibility index (Phi) is 4.77.